The lowest BCUT2D eigenvalue weighted by molar-refractivity contribution is -0.117. The molecular formula is C15H24FN3O. The summed E-state index contributed by atoms with van der Waals surface area (Å²) in [5, 5.41) is 2.64. The zero-order valence-electron chi connectivity index (χ0n) is 12.6. The van der Waals surface area contributed by atoms with E-state index in [2.05, 4.69) is 5.32 Å². The number of rotatable bonds is 6. The molecule has 0 saturated heterocycles. The first-order valence-corrected chi connectivity index (χ1v) is 6.95. The van der Waals surface area contributed by atoms with Crippen molar-refractivity contribution in [2.24, 2.45) is 5.73 Å². The van der Waals surface area contributed by atoms with Crippen molar-refractivity contribution in [2.75, 3.05) is 17.3 Å². The molecule has 0 heterocycles. The molecule has 0 spiro atoms. The largest absolute Gasteiger partial charge is 0.370 e. The van der Waals surface area contributed by atoms with E-state index in [1.165, 1.54) is 6.07 Å². The Bertz CT molecular complexity index is 462. The monoisotopic (exact) mass is 281 g/mol. The topological polar surface area (TPSA) is 58.4 Å². The zero-order chi connectivity index (χ0) is 15.3. The van der Waals surface area contributed by atoms with Crippen molar-refractivity contribution in [3.05, 3.63) is 24.0 Å². The van der Waals surface area contributed by atoms with Gasteiger partial charge in [-0.3, -0.25) is 4.79 Å². The van der Waals surface area contributed by atoms with Crippen molar-refractivity contribution in [1.82, 2.24) is 0 Å². The minimum atomic E-state index is -0.555. The molecule has 0 saturated carbocycles. The molecule has 5 heteroatoms. The maximum absolute atomic E-state index is 14.0. The van der Waals surface area contributed by atoms with Gasteiger partial charge in [-0.2, -0.15) is 0 Å². The van der Waals surface area contributed by atoms with Gasteiger partial charge in [-0.15, -0.1) is 0 Å². The molecule has 1 unspecified atom stereocenters. The molecule has 0 aliphatic carbocycles. The van der Waals surface area contributed by atoms with Gasteiger partial charge in [-0.25, -0.2) is 4.39 Å². The molecule has 0 aliphatic rings. The van der Waals surface area contributed by atoms with Crippen LogP contribution in [-0.4, -0.2) is 25.0 Å². The summed E-state index contributed by atoms with van der Waals surface area (Å²) >= 11 is 0. The molecule has 0 aromatic heterocycles. The average molecular weight is 281 g/mol. The first kappa shape index (κ1) is 16.4. The number of anilines is 2. The highest BCUT2D eigenvalue weighted by Gasteiger charge is 2.15. The average Bonchev–Trinajstić information content (AvgIpc) is 2.38. The Morgan fingerprint density at radius 2 is 2.10 bits per heavy atom. The van der Waals surface area contributed by atoms with E-state index >= 15 is 0 Å². The first-order valence-electron chi connectivity index (χ1n) is 6.95. The smallest absolute Gasteiger partial charge is 0.241 e. The van der Waals surface area contributed by atoms with Gasteiger partial charge in [0, 0.05) is 18.8 Å². The van der Waals surface area contributed by atoms with E-state index in [0.717, 1.165) is 6.42 Å². The summed E-state index contributed by atoms with van der Waals surface area (Å²) < 4.78 is 14.0. The SMILES string of the molecule is CCCC(N)C(=O)Nc1ccc(N(C)C(C)C)c(F)c1. The van der Waals surface area contributed by atoms with Gasteiger partial charge in [0.25, 0.3) is 0 Å². The van der Waals surface area contributed by atoms with Crippen LogP contribution < -0.4 is 16.0 Å². The molecular weight excluding hydrogens is 257 g/mol. The van der Waals surface area contributed by atoms with Crippen molar-refractivity contribution in [1.29, 1.82) is 0 Å². The fraction of sp³-hybridized carbons (Fsp3) is 0.533. The number of carbonyl (C=O) groups excluding carboxylic acids is 1. The van der Waals surface area contributed by atoms with E-state index in [1.807, 2.05) is 32.7 Å². The highest BCUT2D eigenvalue weighted by atomic mass is 19.1. The van der Waals surface area contributed by atoms with Crippen LogP contribution in [0.3, 0.4) is 0 Å². The van der Waals surface area contributed by atoms with Gasteiger partial charge in [-0.05, 0) is 38.5 Å². The summed E-state index contributed by atoms with van der Waals surface area (Å²) in [6.07, 6.45) is 1.45. The molecule has 1 amide bonds. The molecule has 3 N–H and O–H groups in total. The molecule has 4 nitrogen and oxygen atoms in total. The molecule has 112 valence electrons. The molecule has 20 heavy (non-hydrogen) atoms. The molecule has 1 rings (SSSR count). The number of halogens is 1. The van der Waals surface area contributed by atoms with Crippen LogP contribution in [0.15, 0.2) is 18.2 Å². The van der Waals surface area contributed by atoms with Crippen molar-refractivity contribution in [3.8, 4) is 0 Å². The van der Waals surface area contributed by atoms with Crippen molar-refractivity contribution in [3.63, 3.8) is 0 Å². The quantitative estimate of drug-likeness (QED) is 0.843. The van der Waals surface area contributed by atoms with Crippen LogP contribution in [0.2, 0.25) is 0 Å². The molecule has 0 fully saturated rings. The fourth-order valence-electron chi connectivity index (χ4n) is 1.83. The molecule has 0 aliphatic heterocycles. The van der Waals surface area contributed by atoms with Gasteiger partial charge in [0.05, 0.1) is 11.7 Å². The van der Waals surface area contributed by atoms with E-state index in [-0.39, 0.29) is 17.8 Å². The summed E-state index contributed by atoms with van der Waals surface area (Å²) in [6, 6.07) is 4.32. The Labute approximate surface area is 120 Å². The highest BCUT2D eigenvalue weighted by Crippen LogP contribution is 2.23. The Morgan fingerprint density at radius 3 is 2.60 bits per heavy atom. The number of nitrogens with zero attached hydrogens (tertiary/aromatic N) is 1. The van der Waals surface area contributed by atoms with Crippen molar-refractivity contribution >= 4 is 17.3 Å². The van der Waals surface area contributed by atoms with Crippen molar-refractivity contribution in [2.45, 2.75) is 45.7 Å². The fourth-order valence-corrected chi connectivity index (χ4v) is 1.83. The number of nitrogens with one attached hydrogen (secondary N) is 1. The van der Waals surface area contributed by atoms with Gasteiger partial charge in [-0.1, -0.05) is 13.3 Å². The number of benzene rings is 1. The molecule has 0 bridgehead atoms. The predicted molar refractivity (Wildman–Crippen MR) is 81.5 cm³/mol. The van der Waals surface area contributed by atoms with Crippen LogP contribution in [0.4, 0.5) is 15.8 Å². The molecule has 0 radical (unpaired) electrons. The van der Waals surface area contributed by atoms with Crippen molar-refractivity contribution < 1.29 is 9.18 Å². The Kier molecular flexibility index (Phi) is 5.95. The summed E-state index contributed by atoms with van der Waals surface area (Å²) in [7, 11) is 1.83. The van der Waals surface area contributed by atoms with Crippen LogP contribution >= 0.6 is 0 Å². The summed E-state index contributed by atoms with van der Waals surface area (Å²) in [5.74, 6) is -0.640. The second kappa shape index (κ2) is 7.24. The summed E-state index contributed by atoms with van der Waals surface area (Å²) in [5.41, 5.74) is 6.66. The molecule has 1 aromatic rings. The predicted octanol–water partition coefficient (Wildman–Crippen LogP) is 2.74. The Balaban J connectivity index is 2.80. The van der Waals surface area contributed by atoms with E-state index < -0.39 is 6.04 Å². The number of hydrogen-bond donors (Lipinski definition) is 2. The van der Waals surface area contributed by atoms with Gasteiger partial charge >= 0.3 is 0 Å². The normalized spacial score (nSPS) is 12.3. The lowest BCUT2D eigenvalue weighted by Gasteiger charge is -2.24. The first-order chi connectivity index (χ1) is 9.36. The van der Waals surface area contributed by atoms with Crippen LogP contribution in [0.1, 0.15) is 33.6 Å². The summed E-state index contributed by atoms with van der Waals surface area (Å²) in [6.45, 7) is 5.93. The van der Waals surface area contributed by atoms with E-state index in [4.69, 9.17) is 5.73 Å². The highest BCUT2D eigenvalue weighted by molar-refractivity contribution is 5.94. The second-order valence-corrected chi connectivity index (χ2v) is 5.26. The Morgan fingerprint density at radius 1 is 1.45 bits per heavy atom. The van der Waals surface area contributed by atoms with E-state index in [1.54, 1.807) is 12.1 Å². The standard InChI is InChI=1S/C15H24FN3O/c1-5-6-13(17)15(20)18-11-7-8-14(12(16)9-11)19(4)10(2)3/h7-10,13H,5-6,17H2,1-4H3,(H,18,20). The number of nitrogens with two attached hydrogens (primary N) is 1. The third-order valence-corrected chi connectivity index (χ3v) is 3.31. The van der Waals surface area contributed by atoms with Gasteiger partial charge in [0.1, 0.15) is 5.82 Å². The lowest BCUT2D eigenvalue weighted by atomic mass is 10.1. The van der Waals surface area contributed by atoms with Crippen LogP contribution in [0.25, 0.3) is 0 Å². The number of carbonyl (C=O) groups is 1. The summed E-state index contributed by atoms with van der Waals surface area (Å²) in [4.78, 5) is 13.6. The lowest BCUT2D eigenvalue weighted by Crippen LogP contribution is -2.35. The second-order valence-electron chi connectivity index (χ2n) is 5.26. The van der Waals surface area contributed by atoms with E-state index in [9.17, 15) is 9.18 Å². The minimum absolute atomic E-state index is 0.197. The van der Waals surface area contributed by atoms with Crippen LogP contribution in [-0.2, 0) is 4.79 Å². The number of amides is 1. The zero-order valence-corrected chi connectivity index (χ0v) is 12.6. The van der Waals surface area contributed by atoms with Crippen LogP contribution in [0, 0.1) is 5.82 Å². The van der Waals surface area contributed by atoms with E-state index in [0.29, 0.717) is 17.8 Å². The maximum atomic E-state index is 14.0. The maximum Gasteiger partial charge on any atom is 0.241 e. The molecule has 1 aromatic carbocycles. The van der Waals surface area contributed by atoms with Crippen LogP contribution in [0.5, 0.6) is 0 Å². The van der Waals surface area contributed by atoms with Gasteiger partial charge < -0.3 is 16.0 Å². The Hall–Kier alpha value is -1.62. The van der Waals surface area contributed by atoms with Gasteiger partial charge in [0.2, 0.25) is 5.91 Å². The third-order valence-electron chi connectivity index (χ3n) is 3.31. The molecule has 1 atom stereocenters. The van der Waals surface area contributed by atoms with Gasteiger partial charge in [0.15, 0.2) is 0 Å². The number of hydrogen-bond acceptors (Lipinski definition) is 3. The third kappa shape index (κ3) is 4.20. The minimum Gasteiger partial charge on any atom is -0.370 e.